The van der Waals surface area contributed by atoms with Crippen LogP contribution in [-0.2, 0) is 14.6 Å². The number of fused-ring (bicyclic) bond motifs is 1. The Bertz CT molecular complexity index is 1150. The van der Waals surface area contributed by atoms with Gasteiger partial charge in [0.05, 0.1) is 10.4 Å². The van der Waals surface area contributed by atoms with Crippen molar-refractivity contribution in [1.29, 1.82) is 0 Å². The number of aromatic nitrogens is 3. The molecule has 28 heavy (non-hydrogen) atoms. The van der Waals surface area contributed by atoms with E-state index in [0.29, 0.717) is 5.52 Å². The first-order chi connectivity index (χ1) is 13.0. The summed E-state index contributed by atoms with van der Waals surface area (Å²) in [6.07, 6.45) is -0.738. The first kappa shape index (κ1) is 20.4. The van der Waals surface area contributed by atoms with Crippen LogP contribution in [0.2, 0.25) is 10.0 Å². The Morgan fingerprint density at radius 3 is 2.39 bits per heavy atom. The van der Waals surface area contributed by atoms with Gasteiger partial charge in [0.15, 0.2) is 10.8 Å². The van der Waals surface area contributed by atoms with Gasteiger partial charge in [0.2, 0.25) is 9.84 Å². The minimum absolute atomic E-state index is 0.0467. The number of H-pyrrole nitrogens is 1. The summed E-state index contributed by atoms with van der Waals surface area (Å²) < 4.78 is 31.0. The van der Waals surface area contributed by atoms with Gasteiger partial charge < -0.3 is 4.74 Å². The number of anilines is 1. The number of hydrogen-bond donors (Lipinski definition) is 2. The molecule has 0 unspecified atom stereocenters. The zero-order valence-corrected chi connectivity index (χ0v) is 17.4. The van der Waals surface area contributed by atoms with Crippen molar-refractivity contribution in [2.45, 2.75) is 36.3 Å². The average Bonchev–Trinajstić information content (AvgIpc) is 2.94. The summed E-state index contributed by atoms with van der Waals surface area (Å²) in [5.74, 6) is 0.0467. The molecule has 0 saturated heterocycles. The molecule has 0 aliphatic heterocycles. The summed E-state index contributed by atoms with van der Waals surface area (Å²) in [4.78, 5) is 16.0. The lowest BCUT2D eigenvalue weighted by Gasteiger charge is -2.19. The molecule has 3 rings (SSSR count). The number of nitrogens with one attached hydrogen (secondary N) is 2. The molecule has 8 nitrogen and oxygen atoms in total. The number of aromatic amines is 1. The van der Waals surface area contributed by atoms with Crippen LogP contribution >= 0.6 is 23.2 Å². The van der Waals surface area contributed by atoms with Crippen molar-refractivity contribution in [3.63, 3.8) is 0 Å². The van der Waals surface area contributed by atoms with E-state index in [1.54, 1.807) is 20.8 Å². The lowest BCUT2D eigenvalue weighted by molar-refractivity contribution is 0.0635. The molecule has 0 bridgehead atoms. The van der Waals surface area contributed by atoms with Crippen LogP contribution in [0.4, 0.5) is 10.6 Å². The number of carbonyl (C=O) groups is 1. The lowest BCUT2D eigenvalue weighted by atomic mass is 10.2. The number of ether oxygens (including phenoxy) is 1. The van der Waals surface area contributed by atoms with Gasteiger partial charge in [-0.05, 0) is 51.1 Å². The molecule has 0 atom stereocenters. The van der Waals surface area contributed by atoms with Crippen molar-refractivity contribution in [3.05, 3.63) is 40.4 Å². The Morgan fingerprint density at radius 2 is 1.79 bits per heavy atom. The smallest absolute Gasteiger partial charge is 0.413 e. The zero-order valence-electron chi connectivity index (χ0n) is 15.1. The molecule has 1 aromatic carbocycles. The molecule has 2 heterocycles. The normalized spacial score (nSPS) is 12.2. The summed E-state index contributed by atoms with van der Waals surface area (Å²) in [5, 5.41) is 9.20. The summed E-state index contributed by atoms with van der Waals surface area (Å²) in [6.45, 7) is 5.15. The van der Waals surface area contributed by atoms with Crippen LogP contribution in [-0.4, -0.2) is 35.3 Å². The maximum Gasteiger partial charge on any atom is 0.413 e. The summed E-state index contributed by atoms with van der Waals surface area (Å²) >= 11 is 11.8. The molecule has 0 saturated carbocycles. The van der Waals surface area contributed by atoms with Crippen molar-refractivity contribution in [1.82, 2.24) is 15.2 Å². The molecule has 0 aliphatic carbocycles. The van der Waals surface area contributed by atoms with Gasteiger partial charge in [-0.2, -0.15) is 5.10 Å². The van der Waals surface area contributed by atoms with Gasteiger partial charge in [0.25, 0.3) is 0 Å². The molecule has 0 spiro atoms. The van der Waals surface area contributed by atoms with Gasteiger partial charge in [-0.1, -0.05) is 23.2 Å². The minimum Gasteiger partial charge on any atom is -0.444 e. The minimum atomic E-state index is -3.99. The van der Waals surface area contributed by atoms with Crippen molar-refractivity contribution >= 4 is 56.0 Å². The first-order valence-corrected chi connectivity index (χ1v) is 10.3. The van der Waals surface area contributed by atoms with Crippen LogP contribution in [0.15, 0.2) is 40.3 Å². The Hall–Kier alpha value is -2.36. The molecule has 1 amide bonds. The van der Waals surface area contributed by atoms with Gasteiger partial charge in [-0.25, -0.2) is 18.2 Å². The molecule has 0 radical (unpaired) electrons. The Morgan fingerprint density at radius 1 is 1.14 bits per heavy atom. The van der Waals surface area contributed by atoms with E-state index in [9.17, 15) is 13.2 Å². The molecule has 11 heteroatoms. The summed E-state index contributed by atoms with van der Waals surface area (Å²) in [5.41, 5.74) is -0.0987. The second-order valence-electron chi connectivity index (χ2n) is 6.85. The second kappa shape index (κ2) is 7.23. The number of benzene rings is 1. The number of halogens is 2. The van der Waals surface area contributed by atoms with E-state index in [1.165, 1.54) is 30.3 Å². The van der Waals surface area contributed by atoms with Crippen LogP contribution in [0.3, 0.4) is 0 Å². The van der Waals surface area contributed by atoms with Crippen LogP contribution < -0.4 is 5.32 Å². The third kappa shape index (κ3) is 4.37. The predicted octanol–water partition coefficient (Wildman–Crippen LogP) is 4.44. The van der Waals surface area contributed by atoms with E-state index in [-0.39, 0.29) is 31.3 Å². The number of rotatable bonds is 3. The molecule has 3 aromatic rings. The Balaban J connectivity index is 2.01. The number of amides is 1. The second-order valence-corrected chi connectivity index (χ2v) is 9.62. The fourth-order valence-electron chi connectivity index (χ4n) is 2.32. The van der Waals surface area contributed by atoms with Crippen molar-refractivity contribution < 1.29 is 17.9 Å². The standard InChI is InChI=1S/C17H16Cl2N4O4S/c1-17(2,3)27-16(24)21-15-14-12(22-23-15)4-5-13(20-14)28(25,26)11-7-9(18)6-10(19)8-11/h4-8H,1-3H3,(H2,21,22,23,24). The van der Waals surface area contributed by atoms with E-state index in [1.807, 2.05) is 0 Å². The highest BCUT2D eigenvalue weighted by molar-refractivity contribution is 7.91. The molecule has 148 valence electrons. The molecular formula is C17H16Cl2N4O4S. The van der Waals surface area contributed by atoms with Gasteiger partial charge >= 0.3 is 6.09 Å². The highest BCUT2D eigenvalue weighted by Crippen LogP contribution is 2.28. The Kier molecular flexibility index (Phi) is 5.26. The number of carbonyl (C=O) groups excluding carboxylic acids is 1. The highest BCUT2D eigenvalue weighted by Gasteiger charge is 2.23. The maximum absolute atomic E-state index is 12.9. The number of hydrogen-bond acceptors (Lipinski definition) is 6. The van der Waals surface area contributed by atoms with Gasteiger partial charge in [0, 0.05) is 10.0 Å². The van der Waals surface area contributed by atoms with E-state index in [0.717, 1.165) is 0 Å². The molecule has 2 N–H and O–H groups in total. The molecule has 0 fully saturated rings. The van der Waals surface area contributed by atoms with E-state index >= 15 is 0 Å². The number of pyridine rings is 1. The first-order valence-electron chi connectivity index (χ1n) is 8.02. The van der Waals surface area contributed by atoms with Crippen LogP contribution in [0.5, 0.6) is 0 Å². The van der Waals surface area contributed by atoms with Crippen molar-refractivity contribution in [3.8, 4) is 0 Å². The predicted molar refractivity (Wildman–Crippen MR) is 106 cm³/mol. The number of nitrogens with zero attached hydrogens (tertiary/aromatic N) is 2. The molecule has 2 aromatic heterocycles. The summed E-state index contributed by atoms with van der Waals surface area (Å²) in [7, 11) is -3.99. The fourth-order valence-corrected chi connectivity index (χ4v) is 4.24. The van der Waals surface area contributed by atoms with E-state index < -0.39 is 21.5 Å². The Labute approximate surface area is 171 Å². The third-order valence-electron chi connectivity index (χ3n) is 3.42. The largest absolute Gasteiger partial charge is 0.444 e. The van der Waals surface area contributed by atoms with Crippen LogP contribution in [0.1, 0.15) is 20.8 Å². The van der Waals surface area contributed by atoms with Crippen LogP contribution in [0, 0.1) is 0 Å². The third-order valence-corrected chi connectivity index (χ3v) is 5.49. The highest BCUT2D eigenvalue weighted by atomic mass is 35.5. The maximum atomic E-state index is 12.9. The summed E-state index contributed by atoms with van der Waals surface area (Å²) in [6, 6.07) is 6.81. The number of sulfone groups is 1. The molecule has 0 aliphatic rings. The van der Waals surface area contributed by atoms with Gasteiger partial charge in [-0.3, -0.25) is 10.4 Å². The average molecular weight is 443 g/mol. The topological polar surface area (TPSA) is 114 Å². The SMILES string of the molecule is CC(C)(C)OC(=O)Nc1n[nH]c2ccc(S(=O)(=O)c3cc(Cl)cc(Cl)c3)nc12. The quantitative estimate of drug-likeness (QED) is 0.619. The molecular weight excluding hydrogens is 427 g/mol. The lowest BCUT2D eigenvalue weighted by Crippen LogP contribution is -2.27. The van der Waals surface area contributed by atoms with Crippen LogP contribution in [0.25, 0.3) is 11.0 Å². The van der Waals surface area contributed by atoms with E-state index in [2.05, 4.69) is 20.5 Å². The van der Waals surface area contributed by atoms with Crippen molar-refractivity contribution in [2.24, 2.45) is 0 Å². The monoisotopic (exact) mass is 442 g/mol. The van der Waals surface area contributed by atoms with E-state index in [4.69, 9.17) is 27.9 Å². The van der Waals surface area contributed by atoms with Crippen molar-refractivity contribution in [2.75, 3.05) is 5.32 Å². The zero-order chi connectivity index (χ0) is 20.7. The fraction of sp³-hybridized carbons (Fsp3) is 0.235. The van der Waals surface area contributed by atoms with Gasteiger partial charge in [0.1, 0.15) is 11.1 Å². The van der Waals surface area contributed by atoms with Gasteiger partial charge in [-0.15, -0.1) is 0 Å².